The van der Waals surface area contributed by atoms with Gasteiger partial charge in [-0.05, 0) is 18.2 Å². The maximum atomic E-state index is 6.01. The summed E-state index contributed by atoms with van der Waals surface area (Å²) in [7, 11) is 0. The summed E-state index contributed by atoms with van der Waals surface area (Å²) in [5.41, 5.74) is 7.14. The minimum Gasteiger partial charge on any atom is -0.399 e. The quantitative estimate of drug-likeness (QED) is 0.778. The maximum Gasteiger partial charge on any atom is 0.140 e. The van der Waals surface area contributed by atoms with Gasteiger partial charge in [-0.3, -0.25) is 0 Å². The van der Waals surface area contributed by atoms with E-state index in [1.54, 1.807) is 23.6 Å². The lowest BCUT2D eigenvalue weighted by molar-refractivity contribution is 1.41. The van der Waals surface area contributed by atoms with Gasteiger partial charge in [0.2, 0.25) is 0 Å². The maximum absolute atomic E-state index is 6.01. The minimum absolute atomic E-state index is 0.475. The molecule has 0 bridgehead atoms. The summed E-state index contributed by atoms with van der Waals surface area (Å²) in [6, 6.07) is 5.29. The lowest BCUT2D eigenvalue weighted by Gasteiger charge is -2.00. The van der Waals surface area contributed by atoms with Crippen LogP contribution in [0.15, 0.2) is 23.6 Å². The number of nitrogens with two attached hydrogens (primary N) is 1. The molecule has 2 aromatic rings. The second kappa shape index (κ2) is 3.77. The fraction of sp³-hybridized carbons (Fsp3) is 0. The Labute approximate surface area is 95.3 Å². The van der Waals surface area contributed by atoms with Crippen LogP contribution in [-0.2, 0) is 0 Å². The molecule has 1 aromatic carbocycles. The van der Waals surface area contributed by atoms with Crippen LogP contribution in [0.4, 0.5) is 5.69 Å². The number of benzene rings is 1. The van der Waals surface area contributed by atoms with Crippen LogP contribution in [0, 0.1) is 0 Å². The van der Waals surface area contributed by atoms with Gasteiger partial charge < -0.3 is 5.73 Å². The number of nitrogens with zero attached hydrogens (tertiary/aromatic N) is 1. The number of aromatic nitrogens is 1. The van der Waals surface area contributed by atoms with Gasteiger partial charge in [-0.25, -0.2) is 4.98 Å². The van der Waals surface area contributed by atoms with Crippen molar-refractivity contribution in [1.29, 1.82) is 0 Å². The van der Waals surface area contributed by atoms with Gasteiger partial charge in [-0.2, -0.15) is 0 Å². The summed E-state index contributed by atoms with van der Waals surface area (Å²) < 4.78 is 0. The number of anilines is 1. The van der Waals surface area contributed by atoms with E-state index in [0.29, 0.717) is 15.9 Å². The second-order valence-corrected chi connectivity index (χ2v) is 4.37. The number of thiazole rings is 1. The summed E-state index contributed by atoms with van der Waals surface area (Å²) >= 11 is 13.2. The highest BCUT2D eigenvalue weighted by molar-refractivity contribution is 7.13. The van der Waals surface area contributed by atoms with Crippen LogP contribution in [-0.4, -0.2) is 4.98 Å². The summed E-state index contributed by atoms with van der Waals surface area (Å²) in [5, 5.41) is 3.65. The van der Waals surface area contributed by atoms with Crippen molar-refractivity contribution in [3.8, 4) is 10.6 Å². The van der Waals surface area contributed by atoms with Crippen LogP contribution in [0.3, 0.4) is 0 Å². The first-order valence-electron chi connectivity index (χ1n) is 3.83. The second-order valence-electron chi connectivity index (χ2n) is 2.71. The van der Waals surface area contributed by atoms with E-state index in [1.165, 1.54) is 11.3 Å². The molecule has 1 heterocycles. The minimum atomic E-state index is 0.475. The lowest BCUT2D eigenvalue weighted by atomic mass is 10.2. The van der Waals surface area contributed by atoms with Gasteiger partial charge in [0.05, 0.1) is 5.02 Å². The highest BCUT2D eigenvalue weighted by atomic mass is 35.5. The van der Waals surface area contributed by atoms with Gasteiger partial charge in [0, 0.05) is 16.6 Å². The Bertz CT molecular complexity index is 468. The number of hydrogen-bond acceptors (Lipinski definition) is 3. The summed E-state index contributed by atoms with van der Waals surface area (Å²) in [4.78, 5) is 4.13. The van der Waals surface area contributed by atoms with E-state index in [1.807, 2.05) is 0 Å². The molecule has 0 aliphatic carbocycles. The molecule has 0 saturated carbocycles. The smallest absolute Gasteiger partial charge is 0.140 e. The van der Waals surface area contributed by atoms with Crippen LogP contribution in [0.5, 0.6) is 0 Å². The zero-order chi connectivity index (χ0) is 10.1. The Hall–Kier alpha value is -0.770. The molecule has 0 amide bonds. The number of halogens is 2. The van der Waals surface area contributed by atoms with Crippen molar-refractivity contribution in [2.75, 3.05) is 5.73 Å². The van der Waals surface area contributed by atoms with Crippen molar-refractivity contribution in [3.05, 3.63) is 33.8 Å². The average Bonchev–Trinajstić information content (AvgIpc) is 2.56. The molecule has 0 radical (unpaired) electrons. The molecule has 0 spiro atoms. The van der Waals surface area contributed by atoms with Crippen LogP contribution in [0.1, 0.15) is 0 Å². The summed E-state index contributed by atoms with van der Waals surface area (Å²) in [6.07, 6.45) is 0. The van der Waals surface area contributed by atoms with Crippen molar-refractivity contribution in [3.63, 3.8) is 0 Å². The van der Waals surface area contributed by atoms with Crippen LogP contribution in [0.25, 0.3) is 10.6 Å². The molecule has 2 N–H and O–H groups in total. The van der Waals surface area contributed by atoms with E-state index in [4.69, 9.17) is 28.9 Å². The highest BCUT2D eigenvalue weighted by Gasteiger charge is 2.07. The first-order chi connectivity index (χ1) is 6.66. The molecule has 0 atom stereocenters. The van der Waals surface area contributed by atoms with Crippen molar-refractivity contribution in [2.45, 2.75) is 0 Å². The number of rotatable bonds is 1. The first kappa shape index (κ1) is 9.77. The van der Waals surface area contributed by atoms with Crippen LogP contribution < -0.4 is 5.73 Å². The molecule has 0 fully saturated rings. The van der Waals surface area contributed by atoms with E-state index in [-0.39, 0.29) is 0 Å². The topological polar surface area (TPSA) is 38.9 Å². The predicted molar refractivity (Wildman–Crippen MR) is 62.0 cm³/mol. The first-order valence-corrected chi connectivity index (χ1v) is 5.47. The Morgan fingerprint density at radius 2 is 2.07 bits per heavy atom. The van der Waals surface area contributed by atoms with Gasteiger partial charge in [-0.1, -0.05) is 23.2 Å². The molecular weight excluding hydrogens is 239 g/mol. The number of hydrogen-bond donors (Lipinski definition) is 1. The van der Waals surface area contributed by atoms with E-state index in [9.17, 15) is 0 Å². The number of nitrogen functional groups attached to an aromatic ring is 1. The third-order valence-corrected chi connectivity index (χ3v) is 3.23. The Balaban J connectivity index is 2.55. The summed E-state index contributed by atoms with van der Waals surface area (Å²) in [6.45, 7) is 0. The van der Waals surface area contributed by atoms with Crippen molar-refractivity contribution in [2.24, 2.45) is 0 Å². The Kier molecular flexibility index (Phi) is 2.63. The monoisotopic (exact) mass is 244 g/mol. The third kappa shape index (κ3) is 1.85. The third-order valence-electron chi connectivity index (χ3n) is 1.70. The fourth-order valence-electron chi connectivity index (χ4n) is 1.08. The largest absolute Gasteiger partial charge is 0.399 e. The average molecular weight is 245 g/mol. The van der Waals surface area contributed by atoms with Crippen LogP contribution >= 0.6 is 34.5 Å². The van der Waals surface area contributed by atoms with Gasteiger partial charge in [0.1, 0.15) is 10.2 Å². The molecular formula is C9H6Cl2N2S. The van der Waals surface area contributed by atoms with Crippen molar-refractivity contribution in [1.82, 2.24) is 4.98 Å². The van der Waals surface area contributed by atoms with E-state index >= 15 is 0 Å². The molecule has 2 rings (SSSR count). The standard InChI is InChI=1S/C9H6Cl2N2S/c10-7-2-1-5(12)3-6(7)9-13-8(11)4-14-9/h1-4H,12H2. The van der Waals surface area contributed by atoms with Gasteiger partial charge in [0.15, 0.2) is 0 Å². The van der Waals surface area contributed by atoms with E-state index in [0.717, 1.165) is 10.6 Å². The Morgan fingerprint density at radius 1 is 1.29 bits per heavy atom. The van der Waals surface area contributed by atoms with Gasteiger partial charge in [0.25, 0.3) is 0 Å². The van der Waals surface area contributed by atoms with Gasteiger partial charge >= 0.3 is 0 Å². The van der Waals surface area contributed by atoms with E-state index in [2.05, 4.69) is 4.98 Å². The van der Waals surface area contributed by atoms with Crippen molar-refractivity contribution >= 4 is 40.2 Å². The SMILES string of the molecule is Nc1ccc(Cl)c(-c2nc(Cl)cs2)c1. The van der Waals surface area contributed by atoms with Gasteiger partial charge in [-0.15, -0.1) is 11.3 Å². The molecule has 2 nitrogen and oxygen atoms in total. The van der Waals surface area contributed by atoms with Crippen molar-refractivity contribution < 1.29 is 0 Å². The molecule has 14 heavy (non-hydrogen) atoms. The molecule has 0 aliphatic rings. The molecule has 1 aromatic heterocycles. The zero-order valence-corrected chi connectivity index (χ0v) is 9.33. The molecule has 0 unspecified atom stereocenters. The molecule has 0 aliphatic heterocycles. The molecule has 0 saturated heterocycles. The molecule has 5 heteroatoms. The fourth-order valence-corrected chi connectivity index (χ4v) is 2.32. The van der Waals surface area contributed by atoms with Crippen LogP contribution in [0.2, 0.25) is 10.2 Å². The predicted octanol–water partition coefficient (Wildman–Crippen LogP) is 3.70. The highest BCUT2D eigenvalue weighted by Crippen LogP contribution is 2.32. The lowest BCUT2D eigenvalue weighted by Crippen LogP contribution is -1.86. The summed E-state index contributed by atoms with van der Waals surface area (Å²) in [5.74, 6) is 0. The van der Waals surface area contributed by atoms with E-state index < -0.39 is 0 Å². The zero-order valence-electron chi connectivity index (χ0n) is 7.00. The Morgan fingerprint density at radius 3 is 2.71 bits per heavy atom. The molecule has 72 valence electrons. The normalized spacial score (nSPS) is 10.4.